The average molecular weight is 255 g/mol. The van der Waals surface area contributed by atoms with Crippen molar-refractivity contribution in [2.24, 2.45) is 5.92 Å². The molecule has 1 saturated heterocycles. The molecule has 1 aliphatic rings. The fourth-order valence-electron chi connectivity index (χ4n) is 2.42. The molecular formula is C13H19ClN2O. The van der Waals surface area contributed by atoms with Crippen LogP contribution >= 0.6 is 11.6 Å². The van der Waals surface area contributed by atoms with Crippen LogP contribution in [0.3, 0.4) is 0 Å². The maximum Gasteiger partial charge on any atom is 0.123 e. The molecule has 3 nitrogen and oxygen atoms in total. The lowest BCUT2D eigenvalue weighted by atomic mass is 9.87. The molecule has 1 aromatic carbocycles. The number of halogens is 1. The molecule has 0 bridgehead atoms. The molecule has 0 spiro atoms. The normalized spacial score (nSPS) is 17.9. The molecular weight excluding hydrogens is 236 g/mol. The largest absolute Gasteiger partial charge is 0.496 e. The van der Waals surface area contributed by atoms with Crippen molar-refractivity contribution in [1.82, 2.24) is 10.2 Å². The quantitative estimate of drug-likeness (QED) is 0.891. The smallest absolute Gasteiger partial charge is 0.123 e. The van der Waals surface area contributed by atoms with E-state index in [1.54, 1.807) is 7.11 Å². The van der Waals surface area contributed by atoms with Crippen molar-refractivity contribution in [3.63, 3.8) is 0 Å². The first kappa shape index (κ1) is 12.7. The third-order valence-corrected chi connectivity index (χ3v) is 3.56. The standard InChI is InChI=1S/C13H19ClN2O/c1-16(2)13(9-7-15-8-9)11-6-10(14)4-5-12(11)17-3/h4-6,9,13,15H,7-8H2,1-3H3. The molecule has 0 aromatic heterocycles. The predicted molar refractivity (Wildman–Crippen MR) is 70.8 cm³/mol. The van der Waals surface area contributed by atoms with Crippen molar-refractivity contribution in [3.05, 3.63) is 28.8 Å². The number of benzene rings is 1. The van der Waals surface area contributed by atoms with Gasteiger partial charge in [-0.3, -0.25) is 0 Å². The van der Waals surface area contributed by atoms with E-state index in [4.69, 9.17) is 16.3 Å². The monoisotopic (exact) mass is 254 g/mol. The topological polar surface area (TPSA) is 24.5 Å². The number of rotatable bonds is 4. The number of nitrogens with zero attached hydrogens (tertiary/aromatic N) is 1. The Morgan fingerprint density at radius 1 is 1.41 bits per heavy atom. The summed E-state index contributed by atoms with van der Waals surface area (Å²) >= 11 is 6.10. The molecule has 4 heteroatoms. The van der Waals surface area contributed by atoms with E-state index >= 15 is 0 Å². The van der Waals surface area contributed by atoms with Gasteiger partial charge in [-0.05, 0) is 32.3 Å². The Bertz CT molecular complexity index is 391. The van der Waals surface area contributed by atoms with Crippen LogP contribution < -0.4 is 10.1 Å². The Labute approximate surface area is 108 Å². The van der Waals surface area contributed by atoms with Crippen LogP contribution in [0.25, 0.3) is 0 Å². The molecule has 1 unspecified atom stereocenters. The maximum atomic E-state index is 6.10. The van der Waals surface area contributed by atoms with E-state index in [1.807, 2.05) is 18.2 Å². The van der Waals surface area contributed by atoms with Crippen LogP contribution in [-0.4, -0.2) is 39.2 Å². The maximum absolute atomic E-state index is 6.10. The highest BCUT2D eigenvalue weighted by Crippen LogP contribution is 2.36. The van der Waals surface area contributed by atoms with Gasteiger partial charge < -0.3 is 15.0 Å². The van der Waals surface area contributed by atoms with Crippen LogP contribution in [-0.2, 0) is 0 Å². The van der Waals surface area contributed by atoms with Crippen LogP contribution in [0.1, 0.15) is 11.6 Å². The number of methoxy groups -OCH3 is 1. The molecule has 1 aromatic rings. The second-order valence-corrected chi connectivity index (χ2v) is 5.15. The molecule has 1 aliphatic heterocycles. The van der Waals surface area contributed by atoms with Crippen molar-refractivity contribution in [1.29, 1.82) is 0 Å². The first-order chi connectivity index (χ1) is 8.13. The van der Waals surface area contributed by atoms with E-state index in [0.29, 0.717) is 12.0 Å². The van der Waals surface area contributed by atoms with Crippen molar-refractivity contribution in [2.45, 2.75) is 6.04 Å². The molecule has 0 saturated carbocycles. The second-order valence-electron chi connectivity index (χ2n) is 4.71. The molecule has 0 amide bonds. The molecule has 1 atom stereocenters. The Kier molecular flexibility index (Phi) is 3.92. The molecule has 1 fully saturated rings. The fourth-order valence-corrected chi connectivity index (χ4v) is 2.60. The minimum atomic E-state index is 0.352. The van der Waals surface area contributed by atoms with Crippen LogP contribution in [0.4, 0.5) is 0 Å². The van der Waals surface area contributed by atoms with Crippen LogP contribution in [0.15, 0.2) is 18.2 Å². The van der Waals surface area contributed by atoms with Gasteiger partial charge in [0, 0.05) is 35.6 Å². The van der Waals surface area contributed by atoms with Gasteiger partial charge in [-0.25, -0.2) is 0 Å². The van der Waals surface area contributed by atoms with Gasteiger partial charge in [-0.1, -0.05) is 11.6 Å². The average Bonchev–Trinajstić information content (AvgIpc) is 2.22. The summed E-state index contributed by atoms with van der Waals surface area (Å²) < 4.78 is 5.44. The van der Waals surface area contributed by atoms with E-state index in [-0.39, 0.29) is 0 Å². The molecule has 94 valence electrons. The summed E-state index contributed by atoms with van der Waals surface area (Å²) in [7, 11) is 5.91. The summed E-state index contributed by atoms with van der Waals surface area (Å²) in [5.74, 6) is 1.54. The highest BCUT2D eigenvalue weighted by atomic mass is 35.5. The SMILES string of the molecule is COc1ccc(Cl)cc1C(C1CNC1)N(C)C. The van der Waals surface area contributed by atoms with E-state index < -0.39 is 0 Å². The zero-order valence-corrected chi connectivity index (χ0v) is 11.3. The van der Waals surface area contributed by atoms with Gasteiger partial charge in [0.2, 0.25) is 0 Å². The van der Waals surface area contributed by atoms with Crippen molar-refractivity contribution in [2.75, 3.05) is 34.3 Å². The Morgan fingerprint density at radius 2 is 2.12 bits per heavy atom. The van der Waals surface area contributed by atoms with Crippen LogP contribution in [0.5, 0.6) is 5.75 Å². The van der Waals surface area contributed by atoms with E-state index in [2.05, 4.69) is 24.3 Å². The molecule has 0 aliphatic carbocycles. The number of hydrogen-bond acceptors (Lipinski definition) is 3. The summed E-state index contributed by atoms with van der Waals surface area (Å²) in [6.07, 6.45) is 0. The van der Waals surface area contributed by atoms with Crippen molar-refractivity contribution < 1.29 is 4.74 Å². The lowest BCUT2D eigenvalue weighted by Crippen LogP contribution is -2.48. The molecule has 0 radical (unpaired) electrons. The zero-order chi connectivity index (χ0) is 12.4. The highest BCUT2D eigenvalue weighted by molar-refractivity contribution is 6.30. The van der Waals surface area contributed by atoms with E-state index in [1.165, 1.54) is 5.56 Å². The first-order valence-corrected chi connectivity index (χ1v) is 6.22. The lowest BCUT2D eigenvalue weighted by Gasteiger charge is -2.39. The number of nitrogens with one attached hydrogen (secondary N) is 1. The van der Waals surface area contributed by atoms with E-state index in [9.17, 15) is 0 Å². The minimum Gasteiger partial charge on any atom is -0.496 e. The second kappa shape index (κ2) is 5.25. The van der Waals surface area contributed by atoms with Gasteiger partial charge in [0.1, 0.15) is 5.75 Å². The minimum absolute atomic E-state index is 0.352. The third-order valence-electron chi connectivity index (χ3n) is 3.33. The van der Waals surface area contributed by atoms with Gasteiger partial charge in [0.05, 0.1) is 7.11 Å². The number of hydrogen-bond donors (Lipinski definition) is 1. The van der Waals surface area contributed by atoms with Gasteiger partial charge in [0.25, 0.3) is 0 Å². The molecule has 2 rings (SSSR count). The van der Waals surface area contributed by atoms with Gasteiger partial charge in [0.15, 0.2) is 0 Å². The zero-order valence-electron chi connectivity index (χ0n) is 10.5. The number of ether oxygens (including phenoxy) is 1. The Hall–Kier alpha value is -0.770. The van der Waals surface area contributed by atoms with Crippen LogP contribution in [0.2, 0.25) is 5.02 Å². The molecule has 1 heterocycles. The van der Waals surface area contributed by atoms with Crippen molar-refractivity contribution in [3.8, 4) is 5.75 Å². The first-order valence-electron chi connectivity index (χ1n) is 5.84. The van der Waals surface area contributed by atoms with Gasteiger partial charge >= 0.3 is 0 Å². The molecule has 17 heavy (non-hydrogen) atoms. The predicted octanol–water partition coefficient (Wildman–Crippen LogP) is 2.17. The third kappa shape index (κ3) is 2.57. The molecule has 1 N–H and O–H groups in total. The summed E-state index contributed by atoms with van der Waals surface area (Å²) in [5.41, 5.74) is 1.18. The summed E-state index contributed by atoms with van der Waals surface area (Å²) in [6, 6.07) is 6.18. The summed E-state index contributed by atoms with van der Waals surface area (Å²) in [5, 5.41) is 4.08. The summed E-state index contributed by atoms with van der Waals surface area (Å²) in [6.45, 7) is 2.11. The fraction of sp³-hybridized carbons (Fsp3) is 0.538. The lowest BCUT2D eigenvalue weighted by molar-refractivity contribution is 0.157. The van der Waals surface area contributed by atoms with Crippen molar-refractivity contribution >= 4 is 11.6 Å². The van der Waals surface area contributed by atoms with Crippen LogP contribution in [0, 0.1) is 5.92 Å². The Morgan fingerprint density at radius 3 is 2.59 bits per heavy atom. The van der Waals surface area contributed by atoms with Gasteiger partial charge in [-0.2, -0.15) is 0 Å². The van der Waals surface area contributed by atoms with Gasteiger partial charge in [-0.15, -0.1) is 0 Å². The Balaban J connectivity index is 2.36. The van der Waals surface area contributed by atoms with E-state index in [0.717, 1.165) is 23.9 Å². The highest BCUT2D eigenvalue weighted by Gasteiger charge is 2.31. The summed E-state index contributed by atoms with van der Waals surface area (Å²) in [4.78, 5) is 2.24.